The van der Waals surface area contributed by atoms with Crippen LogP contribution in [0.2, 0.25) is 0 Å². The first-order chi connectivity index (χ1) is 12.1. The molecule has 1 amide bonds. The predicted molar refractivity (Wildman–Crippen MR) is 97.5 cm³/mol. The molecule has 1 unspecified atom stereocenters. The fourth-order valence-corrected chi connectivity index (χ4v) is 2.89. The molecule has 2 aromatic carbocycles. The molecular weight excluding hydrogens is 316 g/mol. The molecular formula is C20H22N2O3. The standard InChI is InChI=1S/C20H22N2O3/c1-15(11-12-16-7-3-2-4-8-16)21-19(23)13-14-22-17-9-5-6-10-18(17)25-20(22)24/h2-10,15H,11-14H2,1H3,(H,21,23). The van der Waals surface area contributed by atoms with Crippen molar-refractivity contribution in [2.45, 2.75) is 38.8 Å². The molecule has 5 heteroatoms. The molecule has 0 aliphatic carbocycles. The number of benzene rings is 2. The summed E-state index contributed by atoms with van der Waals surface area (Å²) in [7, 11) is 0. The second-order valence-corrected chi connectivity index (χ2v) is 6.23. The van der Waals surface area contributed by atoms with E-state index in [1.165, 1.54) is 10.1 Å². The second kappa shape index (κ2) is 7.83. The van der Waals surface area contributed by atoms with Crippen LogP contribution in [0.15, 0.2) is 63.8 Å². The molecule has 130 valence electrons. The predicted octanol–water partition coefficient (Wildman–Crippen LogP) is 3.12. The minimum Gasteiger partial charge on any atom is -0.408 e. The van der Waals surface area contributed by atoms with Gasteiger partial charge < -0.3 is 9.73 Å². The topological polar surface area (TPSA) is 64.2 Å². The van der Waals surface area contributed by atoms with E-state index < -0.39 is 5.76 Å². The van der Waals surface area contributed by atoms with Crippen LogP contribution in [0.5, 0.6) is 0 Å². The Bertz CT molecular complexity index is 896. The zero-order valence-electron chi connectivity index (χ0n) is 14.3. The molecule has 0 aliphatic heterocycles. The van der Waals surface area contributed by atoms with Crippen LogP contribution in [-0.2, 0) is 17.8 Å². The summed E-state index contributed by atoms with van der Waals surface area (Å²) in [5.74, 6) is -0.483. The lowest BCUT2D eigenvalue weighted by molar-refractivity contribution is -0.121. The molecule has 1 aromatic heterocycles. The first-order valence-electron chi connectivity index (χ1n) is 8.55. The number of aryl methyl sites for hydroxylation is 2. The van der Waals surface area contributed by atoms with Crippen molar-refractivity contribution in [2.75, 3.05) is 0 Å². The number of aromatic nitrogens is 1. The highest BCUT2D eigenvalue weighted by Gasteiger charge is 2.12. The number of fused-ring (bicyclic) bond motifs is 1. The van der Waals surface area contributed by atoms with Gasteiger partial charge in [0.25, 0.3) is 0 Å². The summed E-state index contributed by atoms with van der Waals surface area (Å²) in [4.78, 5) is 24.0. The summed E-state index contributed by atoms with van der Waals surface area (Å²) >= 11 is 0. The van der Waals surface area contributed by atoms with E-state index in [4.69, 9.17) is 4.42 Å². The Kier molecular flexibility index (Phi) is 5.33. The Morgan fingerprint density at radius 2 is 1.84 bits per heavy atom. The molecule has 25 heavy (non-hydrogen) atoms. The number of carbonyl (C=O) groups is 1. The number of carbonyl (C=O) groups excluding carboxylic acids is 1. The van der Waals surface area contributed by atoms with Crippen molar-refractivity contribution in [3.05, 3.63) is 70.7 Å². The minimum absolute atomic E-state index is 0.0576. The summed E-state index contributed by atoms with van der Waals surface area (Å²) in [5.41, 5.74) is 2.53. The quantitative estimate of drug-likeness (QED) is 0.720. The van der Waals surface area contributed by atoms with Gasteiger partial charge in [-0.15, -0.1) is 0 Å². The van der Waals surface area contributed by atoms with Gasteiger partial charge >= 0.3 is 5.76 Å². The third-order valence-electron chi connectivity index (χ3n) is 4.25. The van der Waals surface area contributed by atoms with Crippen molar-refractivity contribution >= 4 is 17.0 Å². The van der Waals surface area contributed by atoms with E-state index in [0.717, 1.165) is 18.4 Å². The maximum atomic E-state index is 12.2. The normalized spacial score (nSPS) is 12.2. The monoisotopic (exact) mass is 338 g/mol. The molecule has 0 aliphatic rings. The molecule has 0 radical (unpaired) electrons. The highest BCUT2D eigenvalue weighted by molar-refractivity contribution is 5.77. The Morgan fingerprint density at radius 1 is 1.12 bits per heavy atom. The number of rotatable bonds is 7. The Labute approximate surface area is 146 Å². The number of para-hydroxylation sites is 2. The first kappa shape index (κ1) is 17.0. The third-order valence-corrected chi connectivity index (χ3v) is 4.25. The largest absolute Gasteiger partial charge is 0.419 e. The number of hydrogen-bond donors (Lipinski definition) is 1. The third kappa shape index (κ3) is 4.38. The van der Waals surface area contributed by atoms with E-state index >= 15 is 0 Å². The van der Waals surface area contributed by atoms with Crippen molar-refractivity contribution in [1.29, 1.82) is 0 Å². The SMILES string of the molecule is CC(CCc1ccccc1)NC(=O)CCn1c(=O)oc2ccccc21. The summed E-state index contributed by atoms with van der Waals surface area (Å²) in [6, 6.07) is 17.5. The highest BCUT2D eigenvalue weighted by Crippen LogP contribution is 2.12. The fraction of sp³-hybridized carbons (Fsp3) is 0.300. The molecule has 3 aromatic rings. The van der Waals surface area contributed by atoms with Gasteiger partial charge in [0.2, 0.25) is 5.91 Å². The van der Waals surface area contributed by atoms with E-state index in [1.54, 1.807) is 6.07 Å². The van der Waals surface area contributed by atoms with Crippen molar-refractivity contribution in [2.24, 2.45) is 0 Å². The Morgan fingerprint density at radius 3 is 2.64 bits per heavy atom. The summed E-state index contributed by atoms with van der Waals surface area (Å²) in [6.07, 6.45) is 2.05. The lowest BCUT2D eigenvalue weighted by Gasteiger charge is -2.14. The lowest BCUT2D eigenvalue weighted by Crippen LogP contribution is -2.34. The highest BCUT2D eigenvalue weighted by atomic mass is 16.4. The van der Waals surface area contributed by atoms with Crippen LogP contribution in [0.3, 0.4) is 0 Å². The Hall–Kier alpha value is -2.82. The van der Waals surface area contributed by atoms with E-state index in [9.17, 15) is 9.59 Å². The van der Waals surface area contributed by atoms with E-state index in [2.05, 4.69) is 17.4 Å². The van der Waals surface area contributed by atoms with Crippen molar-refractivity contribution < 1.29 is 9.21 Å². The van der Waals surface area contributed by atoms with Crippen LogP contribution < -0.4 is 11.1 Å². The van der Waals surface area contributed by atoms with E-state index in [-0.39, 0.29) is 18.4 Å². The molecule has 0 saturated carbocycles. The lowest BCUT2D eigenvalue weighted by atomic mass is 10.1. The number of nitrogens with one attached hydrogen (secondary N) is 1. The first-order valence-corrected chi connectivity index (χ1v) is 8.55. The molecule has 5 nitrogen and oxygen atoms in total. The fourth-order valence-electron chi connectivity index (χ4n) is 2.89. The van der Waals surface area contributed by atoms with Gasteiger partial charge in [-0.05, 0) is 37.5 Å². The Balaban J connectivity index is 1.50. The van der Waals surface area contributed by atoms with Crippen LogP contribution in [0.4, 0.5) is 0 Å². The summed E-state index contributed by atoms with van der Waals surface area (Å²) in [6.45, 7) is 2.31. The molecule has 3 rings (SSSR count). The zero-order chi connectivity index (χ0) is 17.6. The molecule has 1 N–H and O–H groups in total. The molecule has 1 atom stereocenters. The van der Waals surface area contributed by atoms with Gasteiger partial charge in [-0.25, -0.2) is 4.79 Å². The number of oxazole rings is 1. The number of nitrogens with zero attached hydrogens (tertiary/aromatic N) is 1. The van der Waals surface area contributed by atoms with Gasteiger partial charge in [0, 0.05) is 19.0 Å². The van der Waals surface area contributed by atoms with Crippen LogP contribution in [0.25, 0.3) is 11.1 Å². The minimum atomic E-state index is -0.425. The molecule has 0 saturated heterocycles. The molecule has 0 fully saturated rings. The average Bonchev–Trinajstić information content (AvgIpc) is 2.94. The number of amides is 1. The maximum Gasteiger partial charge on any atom is 0.419 e. The van der Waals surface area contributed by atoms with Gasteiger partial charge in [-0.1, -0.05) is 42.5 Å². The van der Waals surface area contributed by atoms with Gasteiger partial charge in [-0.3, -0.25) is 9.36 Å². The zero-order valence-corrected chi connectivity index (χ0v) is 14.3. The van der Waals surface area contributed by atoms with Gasteiger partial charge in [0.1, 0.15) is 0 Å². The van der Waals surface area contributed by atoms with Crippen LogP contribution in [0, 0.1) is 0 Å². The van der Waals surface area contributed by atoms with Gasteiger partial charge in [-0.2, -0.15) is 0 Å². The second-order valence-electron chi connectivity index (χ2n) is 6.23. The van der Waals surface area contributed by atoms with Gasteiger partial charge in [0.15, 0.2) is 5.58 Å². The molecule has 0 spiro atoms. The van der Waals surface area contributed by atoms with E-state index in [1.807, 2.05) is 43.3 Å². The van der Waals surface area contributed by atoms with Crippen molar-refractivity contribution in [3.8, 4) is 0 Å². The summed E-state index contributed by atoms with van der Waals surface area (Å²) < 4.78 is 6.68. The van der Waals surface area contributed by atoms with Gasteiger partial charge in [0.05, 0.1) is 5.52 Å². The average molecular weight is 338 g/mol. The smallest absolute Gasteiger partial charge is 0.408 e. The van der Waals surface area contributed by atoms with Crippen LogP contribution in [0.1, 0.15) is 25.3 Å². The maximum absolute atomic E-state index is 12.2. The molecule has 0 bridgehead atoms. The van der Waals surface area contributed by atoms with Crippen LogP contribution in [-0.4, -0.2) is 16.5 Å². The van der Waals surface area contributed by atoms with Crippen molar-refractivity contribution in [1.82, 2.24) is 9.88 Å². The van der Waals surface area contributed by atoms with E-state index in [0.29, 0.717) is 12.1 Å². The molecule has 1 heterocycles. The summed E-state index contributed by atoms with van der Waals surface area (Å²) in [5, 5.41) is 3.00. The number of hydrogen-bond acceptors (Lipinski definition) is 3. The van der Waals surface area contributed by atoms with Crippen molar-refractivity contribution in [3.63, 3.8) is 0 Å². The van der Waals surface area contributed by atoms with Crippen LogP contribution >= 0.6 is 0 Å².